The first-order valence-corrected chi connectivity index (χ1v) is 10.5. The number of aldehydes is 1. The van der Waals surface area contributed by atoms with Crippen LogP contribution < -0.4 is 4.74 Å². The molecule has 1 aromatic carbocycles. The van der Waals surface area contributed by atoms with E-state index in [0.29, 0.717) is 24.7 Å². The zero-order valence-corrected chi connectivity index (χ0v) is 16.9. The zero-order valence-electron chi connectivity index (χ0n) is 16.9. The molecule has 0 N–H and O–H groups in total. The molecular formula is C23H34O4. The summed E-state index contributed by atoms with van der Waals surface area (Å²) in [5.74, 6) is -0.0592. The van der Waals surface area contributed by atoms with Crippen LogP contribution in [0.1, 0.15) is 112 Å². The first-order chi connectivity index (χ1) is 13.1. The SMILES string of the molecule is CCCCCCCC(=O)Oc1ccc(C(=O)CCCCCCC)cc1C=O. The number of ether oxygens (including phenoxy) is 1. The number of ketones is 1. The van der Waals surface area contributed by atoms with Gasteiger partial charge in [-0.2, -0.15) is 0 Å². The number of unbranched alkanes of at least 4 members (excludes halogenated alkanes) is 8. The van der Waals surface area contributed by atoms with E-state index in [-0.39, 0.29) is 23.1 Å². The molecule has 0 radical (unpaired) electrons. The first kappa shape index (κ1) is 23.1. The Hall–Kier alpha value is -1.97. The third kappa shape index (κ3) is 9.50. The summed E-state index contributed by atoms with van der Waals surface area (Å²) in [7, 11) is 0. The van der Waals surface area contributed by atoms with Crippen LogP contribution >= 0.6 is 0 Å². The van der Waals surface area contributed by atoms with Crippen LogP contribution in [0.5, 0.6) is 5.75 Å². The van der Waals surface area contributed by atoms with E-state index < -0.39 is 0 Å². The van der Waals surface area contributed by atoms with Gasteiger partial charge in [-0.15, -0.1) is 0 Å². The van der Waals surface area contributed by atoms with Gasteiger partial charge >= 0.3 is 5.97 Å². The van der Waals surface area contributed by atoms with Crippen LogP contribution in [0.3, 0.4) is 0 Å². The molecule has 0 bridgehead atoms. The Balaban J connectivity index is 2.52. The summed E-state index contributed by atoms with van der Waals surface area (Å²) in [6, 6.07) is 4.74. The predicted molar refractivity (Wildman–Crippen MR) is 109 cm³/mol. The van der Waals surface area contributed by atoms with Crippen LogP contribution in [0.25, 0.3) is 0 Å². The molecule has 4 heteroatoms. The molecule has 27 heavy (non-hydrogen) atoms. The number of hydrogen-bond donors (Lipinski definition) is 0. The van der Waals surface area contributed by atoms with Gasteiger partial charge in [-0.05, 0) is 31.0 Å². The van der Waals surface area contributed by atoms with Gasteiger partial charge in [0.1, 0.15) is 5.75 Å². The largest absolute Gasteiger partial charge is 0.426 e. The number of rotatable bonds is 15. The van der Waals surface area contributed by atoms with E-state index in [9.17, 15) is 14.4 Å². The van der Waals surface area contributed by atoms with Gasteiger partial charge in [-0.1, -0.05) is 65.2 Å². The Morgan fingerprint density at radius 2 is 1.44 bits per heavy atom. The highest BCUT2D eigenvalue weighted by atomic mass is 16.5. The molecule has 0 aromatic heterocycles. The van der Waals surface area contributed by atoms with Crippen molar-refractivity contribution in [3.8, 4) is 5.75 Å². The topological polar surface area (TPSA) is 60.4 Å². The first-order valence-electron chi connectivity index (χ1n) is 10.5. The summed E-state index contributed by atoms with van der Waals surface area (Å²) < 4.78 is 5.32. The lowest BCUT2D eigenvalue weighted by atomic mass is 10.0. The molecule has 0 saturated heterocycles. The number of Topliss-reactive ketones (excluding diaryl/α,β-unsaturated/α-hetero) is 1. The van der Waals surface area contributed by atoms with Crippen molar-refractivity contribution in [1.29, 1.82) is 0 Å². The molecule has 0 atom stereocenters. The van der Waals surface area contributed by atoms with Crippen LogP contribution in [0.2, 0.25) is 0 Å². The molecule has 0 fully saturated rings. The highest BCUT2D eigenvalue weighted by Crippen LogP contribution is 2.21. The predicted octanol–water partition coefficient (Wildman–Crippen LogP) is 6.31. The van der Waals surface area contributed by atoms with Crippen molar-refractivity contribution in [1.82, 2.24) is 0 Å². The van der Waals surface area contributed by atoms with Gasteiger partial charge in [-0.25, -0.2) is 0 Å². The van der Waals surface area contributed by atoms with E-state index in [4.69, 9.17) is 4.74 Å². The summed E-state index contributed by atoms with van der Waals surface area (Å²) in [5, 5.41) is 0. The molecular weight excluding hydrogens is 340 g/mol. The lowest BCUT2D eigenvalue weighted by Gasteiger charge is -2.09. The van der Waals surface area contributed by atoms with E-state index in [0.717, 1.165) is 44.9 Å². The quantitative estimate of drug-likeness (QED) is 0.119. The van der Waals surface area contributed by atoms with Gasteiger partial charge in [0.2, 0.25) is 0 Å². The zero-order chi connectivity index (χ0) is 19.9. The highest BCUT2D eigenvalue weighted by molar-refractivity contribution is 5.98. The summed E-state index contributed by atoms with van der Waals surface area (Å²) in [5.41, 5.74) is 0.762. The van der Waals surface area contributed by atoms with Crippen molar-refractivity contribution in [2.45, 2.75) is 90.9 Å². The van der Waals surface area contributed by atoms with Gasteiger partial charge in [0.15, 0.2) is 12.1 Å². The second-order valence-corrected chi connectivity index (χ2v) is 7.10. The molecule has 150 valence electrons. The Kier molecular flexibility index (Phi) is 12.1. The van der Waals surface area contributed by atoms with Crippen molar-refractivity contribution in [3.63, 3.8) is 0 Å². The number of hydrogen-bond acceptors (Lipinski definition) is 4. The summed E-state index contributed by atoms with van der Waals surface area (Å²) in [6.45, 7) is 4.31. The highest BCUT2D eigenvalue weighted by Gasteiger charge is 2.13. The number of benzene rings is 1. The van der Waals surface area contributed by atoms with Crippen molar-refractivity contribution in [3.05, 3.63) is 29.3 Å². The normalized spacial score (nSPS) is 10.6. The summed E-state index contributed by atoms with van der Waals surface area (Å²) in [6.07, 6.45) is 12.2. The minimum Gasteiger partial charge on any atom is -0.426 e. The Morgan fingerprint density at radius 3 is 2.04 bits per heavy atom. The average Bonchev–Trinajstić information content (AvgIpc) is 2.67. The smallest absolute Gasteiger partial charge is 0.311 e. The molecule has 0 unspecified atom stereocenters. The molecule has 0 spiro atoms. The van der Waals surface area contributed by atoms with Crippen molar-refractivity contribution in [2.24, 2.45) is 0 Å². The van der Waals surface area contributed by atoms with Crippen LogP contribution in [-0.2, 0) is 4.79 Å². The molecule has 0 heterocycles. The molecule has 0 saturated carbocycles. The van der Waals surface area contributed by atoms with Crippen molar-refractivity contribution in [2.75, 3.05) is 0 Å². The third-order valence-corrected chi connectivity index (χ3v) is 4.67. The Labute approximate surface area is 163 Å². The van der Waals surface area contributed by atoms with Gasteiger partial charge in [0, 0.05) is 18.4 Å². The van der Waals surface area contributed by atoms with Crippen LogP contribution in [0, 0.1) is 0 Å². The minimum atomic E-state index is -0.329. The van der Waals surface area contributed by atoms with E-state index >= 15 is 0 Å². The fourth-order valence-corrected chi connectivity index (χ4v) is 2.99. The maximum atomic E-state index is 12.3. The molecule has 4 nitrogen and oxygen atoms in total. The maximum Gasteiger partial charge on any atom is 0.311 e. The summed E-state index contributed by atoms with van der Waals surface area (Å²) >= 11 is 0. The molecule has 1 aromatic rings. The fraction of sp³-hybridized carbons (Fsp3) is 0.609. The molecule has 0 aliphatic rings. The Bertz CT molecular complexity index is 592. The number of carbonyl (C=O) groups is 3. The van der Waals surface area contributed by atoms with Crippen molar-refractivity contribution < 1.29 is 19.1 Å². The fourth-order valence-electron chi connectivity index (χ4n) is 2.99. The van der Waals surface area contributed by atoms with Crippen LogP contribution in [0.15, 0.2) is 18.2 Å². The van der Waals surface area contributed by atoms with E-state index in [1.54, 1.807) is 12.1 Å². The lowest BCUT2D eigenvalue weighted by Crippen LogP contribution is -2.10. The molecule has 0 aliphatic heterocycles. The number of esters is 1. The Morgan fingerprint density at radius 1 is 0.852 bits per heavy atom. The second kappa shape index (κ2) is 14.1. The average molecular weight is 375 g/mol. The maximum absolute atomic E-state index is 12.3. The molecule has 0 aliphatic carbocycles. The van der Waals surface area contributed by atoms with E-state index in [1.165, 1.54) is 25.3 Å². The monoisotopic (exact) mass is 374 g/mol. The number of carbonyl (C=O) groups excluding carboxylic acids is 3. The van der Waals surface area contributed by atoms with Gasteiger partial charge < -0.3 is 4.74 Å². The third-order valence-electron chi connectivity index (χ3n) is 4.67. The second-order valence-electron chi connectivity index (χ2n) is 7.10. The lowest BCUT2D eigenvalue weighted by molar-refractivity contribution is -0.134. The van der Waals surface area contributed by atoms with E-state index in [1.807, 2.05) is 0 Å². The minimum absolute atomic E-state index is 0.0309. The van der Waals surface area contributed by atoms with Crippen molar-refractivity contribution >= 4 is 18.0 Å². The van der Waals surface area contributed by atoms with Crippen LogP contribution in [0.4, 0.5) is 0 Å². The van der Waals surface area contributed by atoms with Gasteiger partial charge in [0.25, 0.3) is 0 Å². The van der Waals surface area contributed by atoms with Crippen LogP contribution in [-0.4, -0.2) is 18.0 Å². The molecule has 1 rings (SSSR count). The van der Waals surface area contributed by atoms with Gasteiger partial charge in [-0.3, -0.25) is 14.4 Å². The van der Waals surface area contributed by atoms with E-state index in [2.05, 4.69) is 13.8 Å². The van der Waals surface area contributed by atoms with Gasteiger partial charge in [0.05, 0.1) is 5.56 Å². The standard InChI is InChI=1S/C23H34O4/c1-3-5-7-9-11-13-21(25)19-15-16-22(20(17-19)18-24)27-23(26)14-12-10-8-6-4-2/h15-18H,3-14H2,1-2H3. The summed E-state index contributed by atoms with van der Waals surface area (Å²) in [4.78, 5) is 35.6. The molecule has 0 amide bonds.